The van der Waals surface area contributed by atoms with Crippen molar-refractivity contribution in [3.05, 3.63) is 99.7 Å². The van der Waals surface area contributed by atoms with Crippen LogP contribution >= 0.6 is 0 Å². The lowest BCUT2D eigenvalue weighted by atomic mass is 10.1. The van der Waals surface area contributed by atoms with Crippen LogP contribution in [0.15, 0.2) is 71.7 Å². The van der Waals surface area contributed by atoms with Gasteiger partial charge in [-0.05, 0) is 68.1 Å². The van der Waals surface area contributed by atoms with Gasteiger partial charge in [0.05, 0.1) is 0 Å². The Balaban J connectivity index is 1.52. The Morgan fingerprint density at radius 3 is 2.25 bits per heavy atom. The van der Waals surface area contributed by atoms with Crippen molar-refractivity contribution in [2.75, 3.05) is 6.54 Å². The largest absolute Gasteiger partial charge is 0.489 e. The number of aryl methyl sites for hydroxylation is 2. The van der Waals surface area contributed by atoms with Crippen molar-refractivity contribution in [2.45, 2.75) is 59.4 Å². The summed E-state index contributed by atoms with van der Waals surface area (Å²) in [7, 11) is 0. The maximum absolute atomic E-state index is 13.0. The molecule has 0 saturated carbocycles. The first kappa shape index (κ1) is 23.7. The van der Waals surface area contributed by atoms with Crippen molar-refractivity contribution in [1.29, 1.82) is 0 Å². The quantitative estimate of drug-likeness (QED) is 0.402. The summed E-state index contributed by atoms with van der Waals surface area (Å²) in [6, 6.07) is 18.7. The number of pyridine rings is 1. The number of aromatic nitrogens is 1. The van der Waals surface area contributed by atoms with Crippen molar-refractivity contribution in [1.82, 2.24) is 9.47 Å². The zero-order valence-corrected chi connectivity index (χ0v) is 19.3. The molecule has 32 heavy (non-hydrogen) atoms. The van der Waals surface area contributed by atoms with Gasteiger partial charge < -0.3 is 9.30 Å². The molecular weight excluding hydrogens is 403 g/mol. The molecule has 0 aliphatic carbocycles. The minimum absolute atomic E-state index is 0.0923. The van der Waals surface area contributed by atoms with Gasteiger partial charge in [0.15, 0.2) is 0 Å². The number of rotatable bonds is 11. The van der Waals surface area contributed by atoms with E-state index < -0.39 is 0 Å². The zero-order chi connectivity index (χ0) is 22.9. The average molecular weight is 437 g/mol. The lowest BCUT2D eigenvalue weighted by molar-refractivity contribution is 0.213. The van der Waals surface area contributed by atoms with Crippen molar-refractivity contribution in [2.24, 2.45) is 0 Å². The van der Waals surface area contributed by atoms with Crippen LogP contribution in [0, 0.1) is 5.82 Å². The van der Waals surface area contributed by atoms with Gasteiger partial charge >= 0.3 is 0 Å². The van der Waals surface area contributed by atoms with Gasteiger partial charge in [0.25, 0.3) is 5.56 Å². The molecule has 0 aliphatic rings. The van der Waals surface area contributed by atoms with E-state index in [1.54, 1.807) is 29.0 Å². The number of ether oxygens (including phenoxy) is 1. The molecule has 1 aromatic heterocycles. The van der Waals surface area contributed by atoms with E-state index in [0.717, 1.165) is 31.5 Å². The monoisotopic (exact) mass is 436 g/mol. The number of hydrogen-bond acceptors (Lipinski definition) is 3. The molecule has 0 aliphatic heterocycles. The Hall–Kier alpha value is -2.92. The van der Waals surface area contributed by atoms with Crippen LogP contribution in [0.25, 0.3) is 0 Å². The summed E-state index contributed by atoms with van der Waals surface area (Å²) < 4.78 is 20.3. The molecule has 0 atom stereocenters. The molecule has 2 aromatic carbocycles. The van der Waals surface area contributed by atoms with Gasteiger partial charge in [0.1, 0.15) is 18.2 Å². The molecule has 170 valence electrons. The standard InChI is InChI=1S/C27H33FN2O2/c1-4-15-30(21(2)3)19-23-7-5-22(6-8-23)13-16-29-17-14-26(18-27(29)31)32-20-24-9-11-25(28)12-10-24/h5-12,14,17-18,21H,4,13,15-16,19-20H2,1-3H3. The summed E-state index contributed by atoms with van der Waals surface area (Å²) in [5.41, 5.74) is 3.29. The molecule has 0 N–H and O–H groups in total. The van der Waals surface area contributed by atoms with E-state index in [4.69, 9.17) is 4.74 Å². The Kier molecular flexibility index (Phi) is 8.63. The molecule has 0 fully saturated rings. The lowest BCUT2D eigenvalue weighted by Crippen LogP contribution is -2.30. The van der Waals surface area contributed by atoms with Gasteiger partial charge in [0, 0.05) is 31.4 Å². The van der Waals surface area contributed by atoms with Crippen LogP contribution in [0.3, 0.4) is 0 Å². The third-order valence-corrected chi connectivity index (χ3v) is 5.58. The molecule has 0 radical (unpaired) electrons. The second kappa shape index (κ2) is 11.6. The van der Waals surface area contributed by atoms with Gasteiger partial charge in [-0.1, -0.05) is 43.3 Å². The summed E-state index contributed by atoms with van der Waals surface area (Å²) in [5.74, 6) is 0.238. The molecule has 1 heterocycles. The smallest absolute Gasteiger partial charge is 0.254 e. The third kappa shape index (κ3) is 7.06. The van der Waals surface area contributed by atoms with Crippen molar-refractivity contribution >= 4 is 0 Å². The van der Waals surface area contributed by atoms with Gasteiger partial charge in [0.2, 0.25) is 0 Å². The van der Waals surface area contributed by atoms with Crippen LogP contribution in [0.1, 0.15) is 43.9 Å². The second-order valence-corrected chi connectivity index (χ2v) is 8.44. The molecule has 0 spiro atoms. The maximum Gasteiger partial charge on any atom is 0.254 e. The molecule has 0 amide bonds. The third-order valence-electron chi connectivity index (χ3n) is 5.58. The Labute approximate surface area is 190 Å². The SMILES string of the molecule is CCCN(Cc1ccc(CCn2ccc(OCc3ccc(F)cc3)cc2=O)cc1)C(C)C. The average Bonchev–Trinajstić information content (AvgIpc) is 2.78. The van der Waals surface area contributed by atoms with Gasteiger partial charge in [-0.15, -0.1) is 0 Å². The van der Waals surface area contributed by atoms with Gasteiger partial charge in [-0.25, -0.2) is 4.39 Å². The van der Waals surface area contributed by atoms with E-state index in [0.29, 0.717) is 24.9 Å². The fourth-order valence-electron chi connectivity index (χ4n) is 3.61. The van der Waals surface area contributed by atoms with Crippen LogP contribution < -0.4 is 10.3 Å². The first-order valence-corrected chi connectivity index (χ1v) is 11.3. The molecule has 0 bridgehead atoms. The molecule has 5 heteroatoms. The van der Waals surface area contributed by atoms with Gasteiger partial charge in [-0.3, -0.25) is 9.69 Å². The molecule has 3 rings (SSSR count). The molecular formula is C27H33FN2O2. The predicted molar refractivity (Wildman–Crippen MR) is 127 cm³/mol. The highest BCUT2D eigenvalue weighted by molar-refractivity contribution is 5.23. The highest BCUT2D eigenvalue weighted by Gasteiger charge is 2.09. The molecule has 4 nitrogen and oxygen atoms in total. The van der Waals surface area contributed by atoms with Crippen LogP contribution in [-0.4, -0.2) is 22.1 Å². The first-order valence-electron chi connectivity index (χ1n) is 11.3. The summed E-state index contributed by atoms with van der Waals surface area (Å²) in [5, 5.41) is 0. The van der Waals surface area contributed by atoms with E-state index in [2.05, 4.69) is 49.9 Å². The highest BCUT2D eigenvalue weighted by Crippen LogP contribution is 2.13. The number of nitrogens with zero attached hydrogens (tertiary/aromatic N) is 2. The summed E-state index contributed by atoms with van der Waals surface area (Å²) in [6.07, 6.45) is 3.71. The van der Waals surface area contributed by atoms with E-state index >= 15 is 0 Å². The molecule has 0 unspecified atom stereocenters. The van der Waals surface area contributed by atoms with Crippen LogP contribution in [0.2, 0.25) is 0 Å². The fourth-order valence-corrected chi connectivity index (χ4v) is 3.61. The van der Waals surface area contributed by atoms with Crippen LogP contribution in [-0.2, 0) is 26.1 Å². The van der Waals surface area contributed by atoms with Crippen molar-refractivity contribution < 1.29 is 9.13 Å². The Morgan fingerprint density at radius 1 is 0.969 bits per heavy atom. The van der Waals surface area contributed by atoms with E-state index in [9.17, 15) is 9.18 Å². The van der Waals surface area contributed by atoms with Crippen LogP contribution in [0.4, 0.5) is 4.39 Å². The van der Waals surface area contributed by atoms with Crippen molar-refractivity contribution in [3.63, 3.8) is 0 Å². The summed E-state index contributed by atoms with van der Waals surface area (Å²) in [6.45, 7) is 9.66. The van der Waals surface area contributed by atoms with Gasteiger partial charge in [-0.2, -0.15) is 0 Å². The minimum atomic E-state index is -0.278. The zero-order valence-electron chi connectivity index (χ0n) is 19.3. The van der Waals surface area contributed by atoms with Crippen molar-refractivity contribution in [3.8, 4) is 5.75 Å². The summed E-state index contributed by atoms with van der Waals surface area (Å²) >= 11 is 0. The fraction of sp³-hybridized carbons (Fsp3) is 0.370. The van der Waals surface area contributed by atoms with E-state index in [1.165, 1.54) is 29.3 Å². The topological polar surface area (TPSA) is 34.5 Å². The Bertz CT molecular complexity index is 1030. The second-order valence-electron chi connectivity index (χ2n) is 8.44. The minimum Gasteiger partial charge on any atom is -0.489 e. The lowest BCUT2D eigenvalue weighted by Gasteiger charge is -2.26. The van der Waals surface area contributed by atoms with E-state index in [1.807, 2.05) is 0 Å². The number of hydrogen-bond donors (Lipinski definition) is 0. The Morgan fingerprint density at radius 2 is 1.62 bits per heavy atom. The summed E-state index contributed by atoms with van der Waals surface area (Å²) in [4.78, 5) is 14.9. The highest BCUT2D eigenvalue weighted by atomic mass is 19.1. The predicted octanol–water partition coefficient (Wildman–Crippen LogP) is 5.43. The van der Waals surface area contributed by atoms with E-state index in [-0.39, 0.29) is 11.4 Å². The maximum atomic E-state index is 13.0. The normalized spacial score (nSPS) is 11.3. The van der Waals surface area contributed by atoms with Crippen LogP contribution in [0.5, 0.6) is 5.75 Å². The number of benzene rings is 2. The molecule has 3 aromatic rings. The number of halogens is 1. The molecule has 0 saturated heterocycles. The first-order chi connectivity index (χ1) is 15.4.